The van der Waals surface area contributed by atoms with Gasteiger partial charge in [-0.05, 0) is 48.7 Å². The van der Waals surface area contributed by atoms with Gasteiger partial charge >= 0.3 is 30.9 Å². The Morgan fingerprint density at radius 1 is 0.963 bits per heavy atom. The molecule has 8 N–H and O–H groups in total. The minimum atomic E-state index is -2.09. The maximum atomic E-state index is 14.6. The van der Waals surface area contributed by atoms with E-state index in [2.05, 4.69) is 16.0 Å². The van der Waals surface area contributed by atoms with Crippen LogP contribution < -0.4 is 20.6 Å². The number of hydrogen-bond acceptors (Lipinski definition) is 11. The van der Waals surface area contributed by atoms with Crippen molar-refractivity contribution < 1.29 is 72.0 Å². The lowest BCUT2D eigenvalue weighted by atomic mass is 9.72. The summed E-state index contributed by atoms with van der Waals surface area (Å²) in [5.74, 6) is -14.8. The largest absolute Gasteiger partial charge is 0.547 e. The van der Waals surface area contributed by atoms with Crippen molar-refractivity contribution in [3.05, 3.63) is 81.1 Å². The van der Waals surface area contributed by atoms with Crippen LogP contribution in [0.25, 0.3) is 0 Å². The summed E-state index contributed by atoms with van der Waals surface area (Å²) in [6.07, 6.45) is -0.220. The summed E-state index contributed by atoms with van der Waals surface area (Å²) in [4.78, 5) is 78.4. The Balaban J connectivity index is 1.27. The van der Waals surface area contributed by atoms with Gasteiger partial charge < -0.3 is 51.0 Å². The van der Waals surface area contributed by atoms with Gasteiger partial charge in [0.15, 0.2) is 28.9 Å². The molecule has 0 aromatic heterocycles. The highest BCUT2D eigenvalue weighted by Gasteiger charge is 2.42. The van der Waals surface area contributed by atoms with Crippen LogP contribution in [0.3, 0.4) is 0 Å². The van der Waals surface area contributed by atoms with Gasteiger partial charge in [0.2, 0.25) is 5.91 Å². The van der Waals surface area contributed by atoms with E-state index in [9.17, 15) is 67.4 Å². The van der Waals surface area contributed by atoms with Gasteiger partial charge in [0.1, 0.15) is 23.2 Å². The number of phenolic OH excluding ortho intramolecular Hbond substituents is 3. The van der Waals surface area contributed by atoms with Gasteiger partial charge in [0.05, 0.1) is 11.0 Å². The molecule has 54 heavy (non-hydrogen) atoms. The molecule has 1 fully saturated rings. The van der Waals surface area contributed by atoms with Crippen molar-refractivity contribution in [1.29, 1.82) is 0 Å². The quantitative estimate of drug-likeness (QED) is 0.0620. The molecule has 0 bridgehead atoms. The zero-order valence-corrected chi connectivity index (χ0v) is 28.2. The number of nitrogens with one attached hydrogen (secondary N) is 3. The van der Waals surface area contributed by atoms with Crippen molar-refractivity contribution in [2.24, 2.45) is 0 Å². The van der Waals surface area contributed by atoms with Crippen LogP contribution in [0.4, 0.5) is 18.0 Å². The summed E-state index contributed by atoms with van der Waals surface area (Å²) < 4.78 is 47.5. The number of hydrogen-bond donors (Lipinski definition) is 8. The third-order valence-corrected chi connectivity index (χ3v) is 8.84. The first kappa shape index (κ1) is 39.0. The van der Waals surface area contributed by atoms with E-state index >= 15 is 0 Å². The molecule has 284 valence electrons. The maximum Gasteiger partial charge on any atom is 0.547 e. The fourth-order valence-electron chi connectivity index (χ4n) is 5.65. The van der Waals surface area contributed by atoms with E-state index in [-0.39, 0.29) is 43.6 Å². The third-order valence-electron chi connectivity index (χ3n) is 8.44. The number of carboxylic acid groups (broad SMARTS) is 1. The number of carboxylic acids is 1. The second-order valence-corrected chi connectivity index (χ2v) is 12.3. The highest BCUT2D eigenvalue weighted by atomic mass is 35.5. The van der Waals surface area contributed by atoms with Crippen LogP contribution >= 0.6 is 11.6 Å². The zero-order chi connectivity index (χ0) is 39.6. The number of aromatic carboxylic acids is 1. The number of amides is 6. The maximum absolute atomic E-state index is 14.6. The Kier molecular flexibility index (Phi) is 11.4. The first-order chi connectivity index (χ1) is 25.5. The van der Waals surface area contributed by atoms with Crippen molar-refractivity contribution in [3.8, 4) is 23.0 Å². The molecule has 3 aromatic carbocycles. The SMILES string of the molecule is O=C(NCCCN1CCN(C(=O)NC(C(=O)N[C@H]2Cc3ccc(F)c(C(=O)O)c3OB2O)c2cc(F)c(O)c(O)c2Cl)C(=O)C1=O)c1ccc(O)c(F)c1. The Morgan fingerprint density at radius 3 is 2.37 bits per heavy atom. The number of rotatable bonds is 10. The van der Waals surface area contributed by atoms with Crippen molar-refractivity contribution >= 4 is 54.3 Å². The molecule has 5 rings (SSSR count). The van der Waals surface area contributed by atoms with Crippen LogP contribution in [0.1, 0.15) is 44.3 Å². The van der Waals surface area contributed by atoms with E-state index in [0.29, 0.717) is 11.0 Å². The topological polar surface area (TPSA) is 255 Å². The Labute approximate surface area is 307 Å². The van der Waals surface area contributed by atoms with E-state index < -0.39 is 118 Å². The van der Waals surface area contributed by atoms with Crippen LogP contribution in [0.15, 0.2) is 36.4 Å². The molecule has 2 heterocycles. The number of aromatic hydroxyl groups is 3. The zero-order valence-electron chi connectivity index (χ0n) is 27.4. The second kappa shape index (κ2) is 15.8. The van der Waals surface area contributed by atoms with Gasteiger partial charge in [-0.2, -0.15) is 0 Å². The average Bonchev–Trinajstić information content (AvgIpc) is 3.12. The fourth-order valence-corrected chi connectivity index (χ4v) is 5.90. The smallest absolute Gasteiger partial charge is 0.534 e. The molecule has 17 nitrogen and oxygen atoms in total. The monoisotopic (exact) mass is 777 g/mol. The second-order valence-electron chi connectivity index (χ2n) is 11.9. The van der Waals surface area contributed by atoms with Crippen molar-refractivity contribution in [1.82, 2.24) is 25.8 Å². The number of carbonyl (C=O) groups excluding carboxylic acids is 5. The molecule has 6 amide bonds. The average molecular weight is 778 g/mol. The number of phenols is 3. The number of halogens is 4. The summed E-state index contributed by atoms with van der Waals surface area (Å²) in [6, 6.07) is 2.03. The van der Waals surface area contributed by atoms with E-state index in [0.717, 1.165) is 29.2 Å². The van der Waals surface area contributed by atoms with Gasteiger partial charge in [-0.25, -0.2) is 22.8 Å². The predicted octanol–water partition coefficient (Wildman–Crippen LogP) is 0.954. The molecule has 0 spiro atoms. The molecular formula is C32H28BClF3N5O12. The summed E-state index contributed by atoms with van der Waals surface area (Å²) in [7, 11) is -1.99. The molecule has 0 saturated carbocycles. The predicted molar refractivity (Wildman–Crippen MR) is 177 cm³/mol. The lowest BCUT2D eigenvalue weighted by molar-refractivity contribution is -0.153. The molecule has 2 aliphatic rings. The van der Waals surface area contributed by atoms with Crippen molar-refractivity contribution in [3.63, 3.8) is 0 Å². The van der Waals surface area contributed by atoms with Gasteiger partial charge in [0.25, 0.3) is 5.91 Å². The molecular weight excluding hydrogens is 750 g/mol. The number of piperazine rings is 1. The normalized spacial score (nSPS) is 15.9. The van der Waals surface area contributed by atoms with Gasteiger partial charge in [0, 0.05) is 37.3 Å². The third kappa shape index (κ3) is 7.90. The lowest BCUT2D eigenvalue weighted by Crippen LogP contribution is -2.60. The van der Waals surface area contributed by atoms with E-state index in [1.807, 2.05) is 0 Å². The molecule has 2 atom stereocenters. The minimum absolute atomic E-state index is 0.0129. The highest BCUT2D eigenvalue weighted by molar-refractivity contribution is 6.47. The summed E-state index contributed by atoms with van der Waals surface area (Å²) in [6.45, 7) is -0.694. The van der Waals surface area contributed by atoms with Gasteiger partial charge in [-0.3, -0.25) is 24.1 Å². The van der Waals surface area contributed by atoms with Crippen LogP contribution in [0, 0.1) is 17.5 Å². The summed E-state index contributed by atoms with van der Waals surface area (Å²) >= 11 is 6.11. The first-order valence-electron chi connectivity index (χ1n) is 15.8. The first-order valence-corrected chi connectivity index (χ1v) is 16.2. The fraction of sp³-hybridized carbons (Fsp3) is 0.250. The Hall–Kier alpha value is -6.22. The van der Waals surface area contributed by atoms with Crippen molar-refractivity contribution in [2.75, 3.05) is 26.2 Å². The van der Waals surface area contributed by atoms with Crippen LogP contribution in [-0.4, -0.2) is 110 Å². The van der Waals surface area contributed by atoms with Crippen LogP contribution in [0.5, 0.6) is 23.0 Å². The van der Waals surface area contributed by atoms with E-state index in [1.54, 1.807) is 0 Å². The van der Waals surface area contributed by atoms with Gasteiger partial charge in [-0.1, -0.05) is 17.7 Å². The molecule has 1 saturated heterocycles. The number of urea groups is 1. The van der Waals surface area contributed by atoms with Crippen LogP contribution in [0.2, 0.25) is 5.02 Å². The molecule has 0 aliphatic carbocycles. The summed E-state index contributed by atoms with van der Waals surface area (Å²) in [5.41, 5.74) is -1.55. The highest BCUT2D eigenvalue weighted by Crippen LogP contribution is 2.40. The van der Waals surface area contributed by atoms with E-state index in [4.69, 9.17) is 16.3 Å². The minimum Gasteiger partial charge on any atom is -0.534 e. The Morgan fingerprint density at radius 2 is 1.69 bits per heavy atom. The van der Waals surface area contributed by atoms with Crippen LogP contribution in [-0.2, 0) is 20.8 Å². The molecule has 0 radical (unpaired) electrons. The van der Waals surface area contributed by atoms with Crippen molar-refractivity contribution in [2.45, 2.75) is 24.8 Å². The van der Waals surface area contributed by atoms with E-state index in [1.165, 1.54) is 6.07 Å². The number of fused-ring (bicyclic) bond motifs is 1. The number of imide groups is 1. The number of carbonyl (C=O) groups is 6. The van der Waals surface area contributed by atoms with Gasteiger partial charge in [-0.15, -0.1) is 0 Å². The Bertz CT molecular complexity index is 2080. The molecule has 2 aliphatic heterocycles. The number of benzene rings is 3. The standard InChI is InChI=1S/C32H28BClF3N5O12/c34-22-15(12-18(37)24(44)25(22)45)23(28(47)39-20-11-13-2-4-16(35)21(31(50)51)26(13)54-33(20)53)40-32(52)42-9-8-41(29(48)30(42)49)7-1-6-38-27(46)14-3-5-19(43)17(36)10-14/h2-5,10,12,20,23,43-45,53H,1,6-9,11H2,(H,38,46)(H,39,47)(H,40,52)(H,50,51)/t20-,23?/m0/s1. The lowest BCUT2D eigenvalue weighted by Gasteiger charge is -2.34. The number of nitrogens with zero attached hydrogens (tertiary/aromatic N) is 2. The molecule has 22 heteroatoms. The summed E-state index contributed by atoms with van der Waals surface area (Å²) in [5, 5.41) is 55.4. The molecule has 3 aromatic rings. The molecule has 1 unspecified atom stereocenters.